The van der Waals surface area contributed by atoms with Crippen LogP contribution in [0.15, 0.2) is 35.5 Å². The van der Waals surface area contributed by atoms with Gasteiger partial charge in [-0.2, -0.15) is 0 Å². The zero-order valence-corrected chi connectivity index (χ0v) is 15.7. The summed E-state index contributed by atoms with van der Waals surface area (Å²) in [7, 11) is 0. The summed E-state index contributed by atoms with van der Waals surface area (Å²) in [6.07, 6.45) is 6.66. The van der Waals surface area contributed by atoms with E-state index in [0.717, 1.165) is 55.7 Å². The van der Waals surface area contributed by atoms with Crippen molar-refractivity contribution in [2.75, 3.05) is 24.5 Å². The lowest BCUT2D eigenvalue weighted by Crippen LogP contribution is -2.32. The molecule has 26 heavy (non-hydrogen) atoms. The first-order valence-corrected chi connectivity index (χ1v) is 10.4. The fourth-order valence-corrected chi connectivity index (χ4v) is 4.70. The lowest BCUT2D eigenvalue weighted by molar-refractivity contribution is -0.120. The minimum Gasteiger partial charge on any atom is -0.355 e. The number of nitrogens with one attached hydrogen (secondary N) is 1. The van der Waals surface area contributed by atoms with Crippen molar-refractivity contribution < 1.29 is 4.79 Å². The molecule has 7 heteroatoms. The summed E-state index contributed by atoms with van der Waals surface area (Å²) >= 11 is 1.54. The van der Waals surface area contributed by atoms with Gasteiger partial charge in [0.1, 0.15) is 0 Å². The minimum atomic E-state index is -0.0987. The Morgan fingerprint density at radius 2 is 1.81 bits per heavy atom. The van der Waals surface area contributed by atoms with Gasteiger partial charge >= 0.3 is 0 Å². The van der Waals surface area contributed by atoms with Gasteiger partial charge in [-0.15, -0.1) is 10.2 Å². The van der Waals surface area contributed by atoms with E-state index in [9.17, 15) is 4.79 Å². The number of anilines is 1. The van der Waals surface area contributed by atoms with Crippen LogP contribution in [0.25, 0.3) is 5.69 Å². The Hall–Kier alpha value is -2.02. The van der Waals surface area contributed by atoms with E-state index in [0.29, 0.717) is 0 Å². The third kappa shape index (κ3) is 3.72. The number of nitrogens with zero attached hydrogens (tertiary/aromatic N) is 4. The van der Waals surface area contributed by atoms with Gasteiger partial charge in [-0.3, -0.25) is 9.36 Å². The third-order valence-electron chi connectivity index (χ3n) is 5.00. The van der Waals surface area contributed by atoms with Gasteiger partial charge in [-0.1, -0.05) is 36.4 Å². The van der Waals surface area contributed by atoms with Crippen molar-refractivity contribution in [1.82, 2.24) is 20.1 Å². The fraction of sp³-hybridized carbons (Fsp3) is 0.526. The van der Waals surface area contributed by atoms with Crippen LogP contribution in [0.4, 0.5) is 5.95 Å². The van der Waals surface area contributed by atoms with Crippen molar-refractivity contribution in [1.29, 1.82) is 0 Å². The number of hydrogen-bond donors (Lipinski definition) is 1. The Labute approximate surface area is 158 Å². The average molecular weight is 372 g/mol. The first kappa shape index (κ1) is 17.4. The number of thioether (sulfide) groups is 1. The molecule has 1 atom stereocenters. The molecule has 0 spiro atoms. The van der Waals surface area contributed by atoms with Gasteiger partial charge in [0.15, 0.2) is 5.16 Å². The Kier molecular flexibility index (Phi) is 5.43. The number of para-hydroxylation sites is 1. The summed E-state index contributed by atoms with van der Waals surface area (Å²) in [4.78, 5) is 14.7. The molecule has 2 aromatic rings. The van der Waals surface area contributed by atoms with Crippen molar-refractivity contribution in [2.45, 2.75) is 48.9 Å². The number of carbonyl (C=O) groups is 1. The van der Waals surface area contributed by atoms with Gasteiger partial charge in [0.2, 0.25) is 11.9 Å². The van der Waals surface area contributed by atoms with Crippen molar-refractivity contribution in [3.63, 3.8) is 0 Å². The van der Waals surface area contributed by atoms with Crippen molar-refractivity contribution in [3.05, 3.63) is 30.3 Å². The van der Waals surface area contributed by atoms with Crippen LogP contribution in [-0.4, -0.2) is 45.6 Å². The van der Waals surface area contributed by atoms with Crippen LogP contribution >= 0.6 is 11.8 Å². The standard InChI is InChI=1S/C19H25N5OS/c25-17-16(11-5-6-12-20-17)26-19-22-21-18(23-13-7-2-8-14-23)24(19)15-9-3-1-4-10-15/h1,3-4,9-10,16H,2,5-8,11-14H2,(H,20,25)/t16-/m0/s1. The lowest BCUT2D eigenvalue weighted by Gasteiger charge is -2.28. The van der Waals surface area contributed by atoms with E-state index < -0.39 is 0 Å². The van der Waals surface area contributed by atoms with E-state index in [1.54, 1.807) is 11.8 Å². The molecule has 1 aromatic carbocycles. The predicted molar refractivity (Wildman–Crippen MR) is 104 cm³/mol. The zero-order chi connectivity index (χ0) is 17.8. The smallest absolute Gasteiger partial charge is 0.233 e. The molecule has 2 aliphatic heterocycles. The highest BCUT2D eigenvalue weighted by Gasteiger charge is 2.27. The minimum absolute atomic E-state index is 0.0987. The summed E-state index contributed by atoms with van der Waals surface area (Å²) in [6.45, 7) is 2.80. The van der Waals surface area contributed by atoms with Crippen LogP contribution in [0.2, 0.25) is 0 Å². The highest BCUT2D eigenvalue weighted by Crippen LogP contribution is 2.32. The number of amides is 1. The van der Waals surface area contributed by atoms with Crippen LogP contribution in [0.1, 0.15) is 38.5 Å². The second kappa shape index (κ2) is 8.12. The van der Waals surface area contributed by atoms with Gasteiger partial charge < -0.3 is 10.2 Å². The molecule has 1 amide bonds. The summed E-state index contributed by atoms with van der Waals surface area (Å²) in [5.41, 5.74) is 1.05. The predicted octanol–water partition coefficient (Wildman–Crippen LogP) is 3.02. The number of hydrogen-bond acceptors (Lipinski definition) is 5. The van der Waals surface area contributed by atoms with E-state index >= 15 is 0 Å². The molecular formula is C19H25N5OS. The molecule has 3 heterocycles. The molecule has 2 fully saturated rings. The van der Waals surface area contributed by atoms with Crippen molar-refractivity contribution >= 4 is 23.6 Å². The van der Waals surface area contributed by atoms with E-state index in [-0.39, 0.29) is 11.2 Å². The molecule has 2 saturated heterocycles. The zero-order valence-electron chi connectivity index (χ0n) is 14.9. The molecule has 0 bridgehead atoms. The molecule has 4 rings (SSSR count). The highest BCUT2D eigenvalue weighted by molar-refractivity contribution is 8.00. The van der Waals surface area contributed by atoms with Crippen LogP contribution in [0, 0.1) is 0 Å². The van der Waals surface area contributed by atoms with E-state index in [4.69, 9.17) is 0 Å². The molecule has 0 aliphatic carbocycles. The quantitative estimate of drug-likeness (QED) is 0.895. The largest absolute Gasteiger partial charge is 0.355 e. The molecule has 1 N–H and O–H groups in total. The molecular weight excluding hydrogens is 346 g/mol. The van der Waals surface area contributed by atoms with Crippen molar-refractivity contribution in [2.24, 2.45) is 0 Å². The van der Waals surface area contributed by atoms with Gasteiger partial charge in [-0.25, -0.2) is 0 Å². The van der Waals surface area contributed by atoms with Gasteiger partial charge in [0.05, 0.1) is 10.9 Å². The van der Waals surface area contributed by atoms with Crippen LogP contribution < -0.4 is 10.2 Å². The number of carbonyl (C=O) groups excluding carboxylic acids is 1. The van der Waals surface area contributed by atoms with Gasteiger partial charge in [0, 0.05) is 19.6 Å². The Morgan fingerprint density at radius 3 is 2.62 bits per heavy atom. The Balaban J connectivity index is 1.67. The molecule has 0 unspecified atom stereocenters. The topological polar surface area (TPSA) is 63.1 Å². The van der Waals surface area contributed by atoms with Gasteiger partial charge in [-0.05, 0) is 44.2 Å². The summed E-state index contributed by atoms with van der Waals surface area (Å²) in [5.74, 6) is 1.02. The lowest BCUT2D eigenvalue weighted by atomic mass is 10.1. The fourth-order valence-electron chi connectivity index (χ4n) is 3.59. The number of piperidine rings is 1. The first-order valence-electron chi connectivity index (χ1n) is 9.53. The van der Waals surface area contributed by atoms with E-state index in [2.05, 4.69) is 37.1 Å². The van der Waals surface area contributed by atoms with Crippen LogP contribution in [0.5, 0.6) is 0 Å². The second-order valence-electron chi connectivity index (χ2n) is 6.89. The number of benzene rings is 1. The Morgan fingerprint density at radius 1 is 1.00 bits per heavy atom. The number of aromatic nitrogens is 3. The second-order valence-corrected chi connectivity index (χ2v) is 8.06. The first-order chi connectivity index (χ1) is 12.8. The maximum absolute atomic E-state index is 12.4. The van der Waals surface area contributed by atoms with Crippen LogP contribution in [0.3, 0.4) is 0 Å². The molecule has 1 aromatic heterocycles. The normalized spacial score (nSPS) is 21.3. The summed E-state index contributed by atoms with van der Waals surface area (Å²) < 4.78 is 2.12. The Bertz CT molecular complexity index is 742. The van der Waals surface area contributed by atoms with Gasteiger partial charge in [0.25, 0.3) is 0 Å². The maximum Gasteiger partial charge on any atom is 0.233 e. The maximum atomic E-state index is 12.4. The molecule has 138 valence electrons. The average Bonchev–Trinajstić information content (AvgIpc) is 3.00. The summed E-state index contributed by atoms with van der Waals surface area (Å²) in [6, 6.07) is 10.2. The summed E-state index contributed by atoms with van der Waals surface area (Å²) in [5, 5.41) is 12.7. The van der Waals surface area contributed by atoms with E-state index in [1.807, 2.05) is 18.2 Å². The van der Waals surface area contributed by atoms with Crippen molar-refractivity contribution in [3.8, 4) is 5.69 Å². The molecule has 6 nitrogen and oxygen atoms in total. The third-order valence-corrected chi connectivity index (χ3v) is 6.21. The van der Waals surface area contributed by atoms with E-state index in [1.165, 1.54) is 19.3 Å². The SMILES string of the molecule is O=C1NCCCC[C@@H]1Sc1nnc(N2CCCCC2)n1-c1ccccc1. The number of rotatable bonds is 4. The monoisotopic (exact) mass is 371 g/mol. The molecule has 2 aliphatic rings. The highest BCUT2D eigenvalue weighted by atomic mass is 32.2. The van der Waals surface area contributed by atoms with Crippen LogP contribution in [-0.2, 0) is 4.79 Å². The molecule has 0 saturated carbocycles. The molecule has 0 radical (unpaired) electrons.